The van der Waals surface area contributed by atoms with E-state index in [1.54, 1.807) is 34.2 Å². The van der Waals surface area contributed by atoms with Gasteiger partial charge in [0.25, 0.3) is 5.56 Å². The summed E-state index contributed by atoms with van der Waals surface area (Å²) in [6.45, 7) is 2.05. The third-order valence-electron chi connectivity index (χ3n) is 5.65. The summed E-state index contributed by atoms with van der Waals surface area (Å²) in [6, 6.07) is 18.1. The molecule has 5 rings (SSSR count). The molecule has 0 unspecified atom stereocenters. The SMILES string of the molecule is C[C@H](Cc1nccc2scnc12)c1cc2cccc(C(=O)O)c2c(=O)n1-c1ccccc1. The summed E-state index contributed by atoms with van der Waals surface area (Å²) in [5, 5.41) is 10.5. The average molecular weight is 442 g/mol. The number of aromatic nitrogens is 3. The molecule has 158 valence electrons. The highest BCUT2D eigenvalue weighted by atomic mass is 32.1. The minimum atomic E-state index is -1.12. The first-order valence-electron chi connectivity index (χ1n) is 10.2. The Morgan fingerprint density at radius 1 is 1.09 bits per heavy atom. The predicted octanol–water partition coefficient (Wildman–Crippen LogP) is 5.04. The Hall–Kier alpha value is -3.84. The van der Waals surface area contributed by atoms with Crippen molar-refractivity contribution in [1.29, 1.82) is 0 Å². The van der Waals surface area contributed by atoms with Crippen molar-refractivity contribution in [2.75, 3.05) is 0 Å². The van der Waals surface area contributed by atoms with Gasteiger partial charge in [-0.1, -0.05) is 37.3 Å². The minimum Gasteiger partial charge on any atom is -0.478 e. The fourth-order valence-corrected chi connectivity index (χ4v) is 4.85. The molecule has 0 aliphatic heterocycles. The van der Waals surface area contributed by atoms with E-state index in [9.17, 15) is 14.7 Å². The number of thiazole rings is 1. The fourth-order valence-electron chi connectivity index (χ4n) is 4.16. The van der Waals surface area contributed by atoms with Crippen molar-refractivity contribution < 1.29 is 9.90 Å². The molecule has 0 saturated heterocycles. The van der Waals surface area contributed by atoms with E-state index in [-0.39, 0.29) is 22.4 Å². The van der Waals surface area contributed by atoms with Crippen LogP contribution in [0.4, 0.5) is 0 Å². The molecule has 0 aliphatic carbocycles. The van der Waals surface area contributed by atoms with Gasteiger partial charge in [-0.05, 0) is 42.1 Å². The van der Waals surface area contributed by atoms with Gasteiger partial charge < -0.3 is 5.11 Å². The van der Waals surface area contributed by atoms with Crippen LogP contribution in [-0.2, 0) is 6.42 Å². The smallest absolute Gasteiger partial charge is 0.336 e. The summed E-state index contributed by atoms with van der Waals surface area (Å²) >= 11 is 1.57. The summed E-state index contributed by atoms with van der Waals surface area (Å²) < 4.78 is 2.70. The Kier molecular flexibility index (Phi) is 5.03. The number of nitrogens with zero attached hydrogens (tertiary/aromatic N) is 3. The Labute approximate surface area is 187 Å². The number of benzene rings is 2. The van der Waals surface area contributed by atoms with Crippen LogP contribution in [0.25, 0.3) is 26.7 Å². The second-order valence-electron chi connectivity index (χ2n) is 7.68. The maximum absolute atomic E-state index is 13.7. The summed E-state index contributed by atoms with van der Waals surface area (Å²) in [6.07, 6.45) is 2.38. The zero-order chi connectivity index (χ0) is 22.2. The Morgan fingerprint density at radius 3 is 2.69 bits per heavy atom. The number of carboxylic acids is 1. The van der Waals surface area contributed by atoms with E-state index in [2.05, 4.69) is 9.97 Å². The number of hydrogen-bond acceptors (Lipinski definition) is 5. The van der Waals surface area contributed by atoms with Crippen LogP contribution in [0.15, 0.2) is 77.2 Å². The highest BCUT2D eigenvalue weighted by Crippen LogP contribution is 2.28. The molecule has 2 aromatic carbocycles. The van der Waals surface area contributed by atoms with Crippen molar-refractivity contribution >= 4 is 38.3 Å². The Balaban J connectivity index is 1.74. The topological polar surface area (TPSA) is 85.1 Å². The lowest BCUT2D eigenvalue weighted by atomic mass is 9.96. The van der Waals surface area contributed by atoms with E-state index in [0.717, 1.165) is 21.6 Å². The van der Waals surface area contributed by atoms with Crippen LogP contribution in [0.3, 0.4) is 0 Å². The molecule has 1 atom stereocenters. The molecular formula is C25H19N3O3S. The maximum Gasteiger partial charge on any atom is 0.336 e. The van der Waals surface area contributed by atoms with Crippen LogP contribution < -0.4 is 5.56 Å². The van der Waals surface area contributed by atoms with Gasteiger partial charge in [0.2, 0.25) is 0 Å². The van der Waals surface area contributed by atoms with Gasteiger partial charge in [-0.2, -0.15) is 0 Å². The molecule has 0 aliphatic rings. The van der Waals surface area contributed by atoms with E-state index in [1.807, 2.05) is 54.9 Å². The van der Waals surface area contributed by atoms with Crippen LogP contribution >= 0.6 is 11.3 Å². The molecule has 0 radical (unpaired) electrons. The van der Waals surface area contributed by atoms with Crippen LogP contribution in [0.5, 0.6) is 0 Å². The van der Waals surface area contributed by atoms with Crippen LogP contribution in [0.2, 0.25) is 0 Å². The summed E-state index contributed by atoms with van der Waals surface area (Å²) in [5.74, 6) is -1.19. The lowest BCUT2D eigenvalue weighted by Gasteiger charge is -2.20. The number of para-hydroxylation sites is 1. The lowest BCUT2D eigenvalue weighted by molar-refractivity contribution is 0.0699. The third-order valence-corrected chi connectivity index (χ3v) is 6.44. The number of carboxylic acid groups (broad SMARTS) is 1. The predicted molar refractivity (Wildman–Crippen MR) is 126 cm³/mol. The van der Waals surface area contributed by atoms with Crippen LogP contribution in [-0.4, -0.2) is 25.6 Å². The van der Waals surface area contributed by atoms with Crippen molar-refractivity contribution in [2.24, 2.45) is 0 Å². The Morgan fingerprint density at radius 2 is 1.91 bits per heavy atom. The number of carbonyl (C=O) groups is 1. The quantitative estimate of drug-likeness (QED) is 0.413. The van der Waals surface area contributed by atoms with Gasteiger partial charge in [0.1, 0.15) is 5.52 Å². The van der Waals surface area contributed by atoms with Gasteiger partial charge in [-0.15, -0.1) is 11.3 Å². The van der Waals surface area contributed by atoms with Crippen molar-refractivity contribution in [1.82, 2.24) is 14.5 Å². The van der Waals surface area contributed by atoms with Crippen LogP contribution in [0.1, 0.15) is 34.6 Å². The monoisotopic (exact) mass is 441 g/mol. The standard InChI is InChI=1S/C25H19N3O3S/c1-15(12-19-23-21(10-11-26-19)32-14-27-23)20-13-16-6-5-9-18(25(30)31)22(16)24(29)28(20)17-7-3-2-4-8-17/h2-11,13-15H,12H2,1H3,(H,30,31)/t15-/m1/s1. The van der Waals surface area contributed by atoms with Crippen LogP contribution in [0, 0.1) is 0 Å². The summed E-state index contributed by atoms with van der Waals surface area (Å²) in [7, 11) is 0. The van der Waals surface area contributed by atoms with Gasteiger partial charge in [-0.25, -0.2) is 9.78 Å². The molecule has 5 aromatic rings. The molecule has 7 heteroatoms. The van der Waals surface area contributed by atoms with E-state index in [0.29, 0.717) is 17.5 Å². The van der Waals surface area contributed by atoms with E-state index >= 15 is 0 Å². The first kappa shape index (κ1) is 20.1. The van der Waals surface area contributed by atoms with Crippen molar-refractivity contribution in [3.8, 4) is 5.69 Å². The number of aromatic carboxylic acids is 1. The number of hydrogen-bond donors (Lipinski definition) is 1. The number of fused-ring (bicyclic) bond motifs is 2. The molecule has 32 heavy (non-hydrogen) atoms. The highest BCUT2D eigenvalue weighted by molar-refractivity contribution is 7.16. The second kappa shape index (κ2) is 8.01. The Bertz CT molecular complexity index is 1520. The average Bonchev–Trinajstić information content (AvgIpc) is 3.29. The number of rotatable bonds is 5. The molecule has 0 fully saturated rings. The first-order valence-corrected chi connectivity index (χ1v) is 11.1. The summed E-state index contributed by atoms with van der Waals surface area (Å²) in [5.41, 5.74) is 4.73. The van der Waals surface area contributed by atoms with Gasteiger partial charge in [0, 0.05) is 23.5 Å². The van der Waals surface area contributed by atoms with Crippen molar-refractivity contribution in [3.05, 3.63) is 99.7 Å². The lowest BCUT2D eigenvalue weighted by Crippen LogP contribution is -2.25. The molecule has 6 nitrogen and oxygen atoms in total. The zero-order valence-corrected chi connectivity index (χ0v) is 18.0. The van der Waals surface area contributed by atoms with E-state index < -0.39 is 5.97 Å². The molecule has 3 heterocycles. The van der Waals surface area contributed by atoms with E-state index in [1.165, 1.54) is 6.07 Å². The van der Waals surface area contributed by atoms with E-state index in [4.69, 9.17) is 0 Å². The molecule has 0 bridgehead atoms. The van der Waals surface area contributed by atoms with Gasteiger partial charge in [0.15, 0.2) is 0 Å². The highest BCUT2D eigenvalue weighted by Gasteiger charge is 2.21. The fraction of sp³-hybridized carbons (Fsp3) is 0.120. The minimum absolute atomic E-state index is 0.00490. The second-order valence-corrected chi connectivity index (χ2v) is 8.57. The van der Waals surface area contributed by atoms with Crippen molar-refractivity contribution in [2.45, 2.75) is 19.3 Å². The molecule has 0 saturated carbocycles. The normalized spacial score (nSPS) is 12.3. The summed E-state index contributed by atoms with van der Waals surface area (Å²) in [4.78, 5) is 34.5. The third kappa shape index (κ3) is 3.36. The van der Waals surface area contributed by atoms with Gasteiger partial charge >= 0.3 is 5.97 Å². The molecule has 3 aromatic heterocycles. The van der Waals surface area contributed by atoms with Gasteiger partial charge in [0.05, 0.1) is 26.9 Å². The molecule has 1 N–H and O–H groups in total. The maximum atomic E-state index is 13.7. The molecule has 0 amide bonds. The number of pyridine rings is 2. The van der Waals surface area contributed by atoms with Crippen molar-refractivity contribution in [3.63, 3.8) is 0 Å². The first-order chi connectivity index (χ1) is 15.5. The largest absolute Gasteiger partial charge is 0.478 e. The molecule has 0 spiro atoms. The van der Waals surface area contributed by atoms with Gasteiger partial charge in [-0.3, -0.25) is 14.3 Å². The molecular weight excluding hydrogens is 422 g/mol. The zero-order valence-electron chi connectivity index (χ0n) is 17.2.